The van der Waals surface area contributed by atoms with E-state index in [0.717, 1.165) is 16.3 Å². The van der Waals surface area contributed by atoms with Crippen molar-refractivity contribution in [1.82, 2.24) is 29.7 Å². The van der Waals surface area contributed by atoms with E-state index in [2.05, 4.69) is 20.1 Å². The number of piperazine rings is 1. The quantitative estimate of drug-likeness (QED) is 0.462. The second-order valence-corrected chi connectivity index (χ2v) is 8.58. The predicted molar refractivity (Wildman–Crippen MR) is 117 cm³/mol. The van der Waals surface area contributed by atoms with E-state index in [0.29, 0.717) is 44.2 Å². The Morgan fingerprint density at radius 3 is 2.69 bits per heavy atom. The molecule has 10 heteroatoms. The molecule has 0 N–H and O–H groups in total. The van der Waals surface area contributed by atoms with Gasteiger partial charge in [-0.15, -0.1) is 16.4 Å². The van der Waals surface area contributed by atoms with Gasteiger partial charge in [-0.1, -0.05) is 17.3 Å². The molecule has 3 aromatic heterocycles. The molecule has 8 nitrogen and oxygen atoms in total. The predicted octanol–water partition coefficient (Wildman–Crippen LogP) is 3.39. The third kappa shape index (κ3) is 4.19. The average Bonchev–Trinajstić information content (AvgIpc) is 3.55. The third-order valence-corrected chi connectivity index (χ3v) is 6.17. The standard InChI is InChI=1S/C22H21FN6O2S/c1-15-12-18(31-26-15)14-27-7-9-28(10-8-27)22(30)20-24-21(19-6-3-11-32-19)29(25-20)17-5-2-4-16(23)13-17/h2-6,11-13H,7-10,14H2,1H3. The zero-order valence-corrected chi connectivity index (χ0v) is 18.3. The van der Waals surface area contributed by atoms with E-state index in [4.69, 9.17) is 4.52 Å². The highest BCUT2D eigenvalue weighted by atomic mass is 32.1. The van der Waals surface area contributed by atoms with Gasteiger partial charge in [0.05, 0.1) is 22.8 Å². The van der Waals surface area contributed by atoms with Crippen LogP contribution in [0, 0.1) is 12.7 Å². The second-order valence-electron chi connectivity index (χ2n) is 7.63. The normalized spacial score (nSPS) is 14.8. The highest BCUT2D eigenvalue weighted by Crippen LogP contribution is 2.26. The summed E-state index contributed by atoms with van der Waals surface area (Å²) in [6, 6.07) is 11.8. The summed E-state index contributed by atoms with van der Waals surface area (Å²) in [4.78, 5) is 22.5. The summed E-state index contributed by atoms with van der Waals surface area (Å²) < 4.78 is 20.7. The molecule has 0 saturated carbocycles. The van der Waals surface area contributed by atoms with Gasteiger partial charge in [0.2, 0.25) is 5.82 Å². The van der Waals surface area contributed by atoms with Crippen LogP contribution in [0.5, 0.6) is 0 Å². The Morgan fingerprint density at radius 1 is 1.16 bits per heavy atom. The van der Waals surface area contributed by atoms with Crippen LogP contribution in [-0.4, -0.2) is 61.8 Å². The van der Waals surface area contributed by atoms with Crippen molar-refractivity contribution in [2.75, 3.05) is 26.2 Å². The number of rotatable bonds is 5. The number of carbonyl (C=O) groups is 1. The molecule has 1 fully saturated rings. The Labute approximate surface area is 187 Å². The number of benzene rings is 1. The zero-order valence-electron chi connectivity index (χ0n) is 17.4. The molecule has 1 saturated heterocycles. The SMILES string of the molecule is Cc1cc(CN2CCN(C(=O)c3nc(-c4cccs4)n(-c4cccc(F)c4)n3)CC2)on1. The van der Waals surface area contributed by atoms with Gasteiger partial charge in [0.25, 0.3) is 5.91 Å². The summed E-state index contributed by atoms with van der Waals surface area (Å²) in [7, 11) is 0. The first-order chi connectivity index (χ1) is 15.6. The minimum atomic E-state index is -0.374. The first-order valence-corrected chi connectivity index (χ1v) is 11.2. The number of hydrogen-bond acceptors (Lipinski definition) is 7. The molecule has 32 heavy (non-hydrogen) atoms. The van der Waals surface area contributed by atoms with Crippen molar-refractivity contribution in [2.45, 2.75) is 13.5 Å². The second kappa shape index (κ2) is 8.64. The maximum Gasteiger partial charge on any atom is 0.293 e. The van der Waals surface area contributed by atoms with E-state index >= 15 is 0 Å². The molecule has 1 amide bonds. The zero-order chi connectivity index (χ0) is 22.1. The summed E-state index contributed by atoms with van der Waals surface area (Å²) >= 11 is 1.49. The van der Waals surface area contributed by atoms with E-state index in [1.807, 2.05) is 30.5 Å². The van der Waals surface area contributed by atoms with E-state index in [1.54, 1.807) is 17.0 Å². The summed E-state index contributed by atoms with van der Waals surface area (Å²) in [6.45, 7) is 5.12. The van der Waals surface area contributed by atoms with Crippen molar-refractivity contribution in [2.24, 2.45) is 0 Å². The number of thiophene rings is 1. The highest BCUT2D eigenvalue weighted by molar-refractivity contribution is 7.13. The molecule has 1 aliphatic rings. The van der Waals surface area contributed by atoms with Crippen molar-refractivity contribution >= 4 is 17.2 Å². The van der Waals surface area contributed by atoms with E-state index < -0.39 is 0 Å². The number of aromatic nitrogens is 4. The first kappa shape index (κ1) is 20.5. The Kier molecular flexibility index (Phi) is 5.54. The smallest absolute Gasteiger partial charge is 0.293 e. The van der Waals surface area contributed by atoms with Gasteiger partial charge < -0.3 is 9.42 Å². The van der Waals surface area contributed by atoms with Crippen molar-refractivity contribution in [3.63, 3.8) is 0 Å². The lowest BCUT2D eigenvalue weighted by Crippen LogP contribution is -2.48. The Balaban J connectivity index is 1.34. The molecule has 5 rings (SSSR count). The van der Waals surface area contributed by atoms with Crippen LogP contribution >= 0.6 is 11.3 Å². The van der Waals surface area contributed by atoms with Crippen LogP contribution in [-0.2, 0) is 6.54 Å². The summed E-state index contributed by atoms with van der Waals surface area (Å²) in [5, 5.41) is 10.3. The number of amides is 1. The van der Waals surface area contributed by atoms with Gasteiger partial charge in [-0.2, -0.15) is 0 Å². The van der Waals surface area contributed by atoms with Crippen molar-refractivity contribution in [1.29, 1.82) is 0 Å². The van der Waals surface area contributed by atoms with Gasteiger partial charge in [-0.3, -0.25) is 9.69 Å². The van der Waals surface area contributed by atoms with Crippen molar-refractivity contribution < 1.29 is 13.7 Å². The van der Waals surface area contributed by atoms with Crippen LogP contribution in [0.25, 0.3) is 16.4 Å². The number of aryl methyl sites for hydroxylation is 1. The molecular formula is C22H21FN6O2S. The minimum absolute atomic E-state index is 0.108. The van der Waals surface area contributed by atoms with Crippen LogP contribution in [0.2, 0.25) is 0 Å². The molecule has 0 bridgehead atoms. The Bertz CT molecular complexity index is 1230. The summed E-state index contributed by atoms with van der Waals surface area (Å²) in [6.07, 6.45) is 0. The lowest BCUT2D eigenvalue weighted by molar-refractivity contribution is 0.0606. The van der Waals surface area contributed by atoms with Gasteiger partial charge in [0.1, 0.15) is 5.82 Å². The lowest BCUT2D eigenvalue weighted by atomic mass is 10.2. The molecular weight excluding hydrogens is 431 g/mol. The molecule has 164 valence electrons. The number of halogens is 1. The minimum Gasteiger partial charge on any atom is -0.360 e. The summed E-state index contributed by atoms with van der Waals surface area (Å²) in [5.41, 5.74) is 1.38. The maximum absolute atomic E-state index is 13.8. The monoisotopic (exact) mass is 452 g/mol. The Morgan fingerprint density at radius 2 is 2.00 bits per heavy atom. The molecule has 4 heterocycles. The molecule has 0 unspecified atom stereocenters. The fourth-order valence-corrected chi connectivity index (χ4v) is 4.42. The van der Waals surface area contributed by atoms with Crippen molar-refractivity contribution in [3.05, 3.63) is 70.9 Å². The lowest BCUT2D eigenvalue weighted by Gasteiger charge is -2.33. The maximum atomic E-state index is 13.8. The molecule has 0 spiro atoms. The fraction of sp³-hybridized carbons (Fsp3) is 0.273. The van der Waals surface area contributed by atoms with Crippen molar-refractivity contribution in [3.8, 4) is 16.4 Å². The molecule has 4 aromatic rings. The van der Waals surface area contributed by atoms with Gasteiger partial charge in [-0.25, -0.2) is 14.1 Å². The van der Waals surface area contributed by atoms with Crippen LogP contribution in [0.3, 0.4) is 0 Å². The average molecular weight is 453 g/mol. The molecule has 1 aromatic carbocycles. The third-order valence-electron chi connectivity index (χ3n) is 5.31. The van der Waals surface area contributed by atoms with E-state index in [-0.39, 0.29) is 17.5 Å². The van der Waals surface area contributed by atoms with Crippen LogP contribution in [0.1, 0.15) is 22.1 Å². The first-order valence-electron chi connectivity index (χ1n) is 10.3. The van der Waals surface area contributed by atoms with Gasteiger partial charge in [0.15, 0.2) is 11.6 Å². The van der Waals surface area contributed by atoms with Crippen LogP contribution in [0.15, 0.2) is 52.4 Å². The molecule has 1 aliphatic heterocycles. The Hall–Kier alpha value is -3.37. The van der Waals surface area contributed by atoms with Gasteiger partial charge in [0, 0.05) is 32.2 Å². The largest absolute Gasteiger partial charge is 0.360 e. The highest BCUT2D eigenvalue weighted by Gasteiger charge is 2.27. The molecule has 0 aliphatic carbocycles. The van der Waals surface area contributed by atoms with Gasteiger partial charge in [-0.05, 0) is 36.6 Å². The summed E-state index contributed by atoms with van der Waals surface area (Å²) in [5.74, 6) is 0.845. The van der Waals surface area contributed by atoms with E-state index in [9.17, 15) is 9.18 Å². The number of carbonyl (C=O) groups excluding carboxylic acids is 1. The van der Waals surface area contributed by atoms with Crippen LogP contribution < -0.4 is 0 Å². The topological polar surface area (TPSA) is 80.3 Å². The molecule has 0 radical (unpaired) electrons. The fourth-order valence-electron chi connectivity index (χ4n) is 3.72. The number of hydrogen-bond donors (Lipinski definition) is 0. The van der Waals surface area contributed by atoms with E-state index in [1.165, 1.54) is 28.2 Å². The molecule has 0 atom stereocenters. The number of nitrogens with zero attached hydrogens (tertiary/aromatic N) is 6. The van der Waals surface area contributed by atoms with Gasteiger partial charge >= 0.3 is 0 Å². The van der Waals surface area contributed by atoms with Crippen LogP contribution in [0.4, 0.5) is 4.39 Å².